The van der Waals surface area contributed by atoms with Crippen molar-refractivity contribution in [3.8, 4) is 11.5 Å². The molecule has 1 aliphatic carbocycles. The van der Waals surface area contributed by atoms with Crippen LogP contribution in [0.25, 0.3) is 0 Å². The Kier molecular flexibility index (Phi) is 4.77. The van der Waals surface area contributed by atoms with Gasteiger partial charge in [-0.3, -0.25) is 24.6 Å². The summed E-state index contributed by atoms with van der Waals surface area (Å²) >= 11 is 0. The molecular formula is C21H26N2O6. The molecular weight excluding hydrogens is 376 g/mol. The van der Waals surface area contributed by atoms with Gasteiger partial charge in [-0.2, -0.15) is 0 Å². The number of carboxylic acids is 1. The van der Waals surface area contributed by atoms with Crippen LogP contribution in [0.4, 0.5) is 0 Å². The van der Waals surface area contributed by atoms with Crippen molar-refractivity contribution in [2.45, 2.75) is 56.7 Å². The van der Waals surface area contributed by atoms with E-state index in [0.717, 1.165) is 32.1 Å². The van der Waals surface area contributed by atoms with Crippen LogP contribution in [0.3, 0.4) is 0 Å². The number of carbonyl (C=O) groups excluding carboxylic acids is 2. The van der Waals surface area contributed by atoms with Crippen molar-refractivity contribution in [2.75, 3.05) is 7.11 Å². The van der Waals surface area contributed by atoms with Gasteiger partial charge >= 0.3 is 5.97 Å². The van der Waals surface area contributed by atoms with Gasteiger partial charge in [-0.15, -0.1) is 0 Å². The lowest BCUT2D eigenvalue weighted by Gasteiger charge is -2.33. The molecule has 1 aromatic rings. The Bertz CT molecular complexity index is 865. The van der Waals surface area contributed by atoms with Crippen LogP contribution in [0.15, 0.2) is 18.2 Å². The molecule has 8 nitrogen and oxygen atoms in total. The molecule has 2 heterocycles. The van der Waals surface area contributed by atoms with Crippen molar-refractivity contribution in [3.63, 3.8) is 0 Å². The highest BCUT2D eigenvalue weighted by Crippen LogP contribution is 2.50. The fraction of sp³-hybridized carbons (Fsp3) is 0.571. The van der Waals surface area contributed by atoms with Crippen LogP contribution in [0.2, 0.25) is 0 Å². The number of aromatic hydroxyl groups is 1. The molecule has 0 bridgehead atoms. The van der Waals surface area contributed by atoms with Crippen LogP contribution >= 0.6 is 0 Å². The zero-order valence-corrected chi connectivity index (χ0v) is 16.6. The summed E-state index contributed by atoms with van der Waals surface area (Å²) in [7, 11) is 1.42. The van der Waals surface area contributed by atoms with Crippen LogP contribution in [0, 0.1) is 11.8 Å². The lowest BCUT2D eigenvalue weighted by atomic mass is 9.80. The van der Waals surface area contributed by atoms with Gasteiger partial charge in [0.1, 0.15) is 5.54 Å². The van der Waals surface area contributed by atoms with E-state index in [1.807, 2.05) is 0 Å². The third-order valence-electron chi connectivity index (χ3n) is 6.77. The second-order valence-electron chi connectivity index (χ2n) is 8.40. The number of hydrogen-bond acceptors (Lipinski definition) is 6. The molecule has 3 fully saturated rings. The third-order valence-corrected chi connectivity index (χ3v) is 6.77. The molecule has 4 unspecified atom stereocenters. The van der Waals surface area contributed by atoms with Gasteiger partial charge in [0.15, 0.2) is 11.5 Å². The first-order valence-electron chi connectivity index (χ1n) is 10.0. The van der Waals surface area contributed by atoms with Gasteiger partial charge in [0.2, 0.25) is 11.8 Å². The fourth-order valence-electron chi connectivity index (χ4n) is 5.23. The van der Waals surface area contributed by atoms with E-state index in [9.17, 15) is 24.6 Å². The highest BCUT2D eigenvalue weighted by Gasteiger charge is 2.67. The number of imide groups is 1. The summed E-state index contributed by atoms with van der Waals surface area (Å²) in [5.74, 6) is -3.46. The number of rotatable bonds is 4. The average molecular weight is 402 g/mol. The molecule has 3 aliphatic rings. The average Bonchev–Trinajstić information content (AvgIpc) is 3.17. The van der Waals surface area contributed by atoms with Crippen LogP contribution in [0.1, 0.15) is 50.6 Å². The molecule has 4 atom stereocenters. The Morgan fingerprint density at radius 1 is 1.21 bits per heavy atom. The molecule has 1 aromatic carbocycles. The quantitative estimate of drug-likeness (QED) is 0.658. The number of hydrogen-bond donors (Lipinski definition) is 3. The largest absolute Gasteiger partial charge is 0.504 e. The Morgan fingerprint density at radius 3 is 2.52 bits per heavy atom. The number of aliphatic carboxylic acids is 1. The van der Waals surface area contributed by atoms with E-state index in [2.05, 4.69) is 5.32 Å². The van der Waals surface area contributed by atoms with Gasteiger partial charge in [0, 0.05) is 12.1 Å². The van der Waals surface area contributed by atoms with Crippen molar-refractivity contribution in [2.24, 2.45) is 11.8 Å². The SMILES string of the molecule is COc1cc(C2NC(C)(C(=O)O)C3C(=O)N(C4CCCCC4)C(=O)C23)ccc1O. The number of phenols is 1. The number of nitrogens with zero attached hydrogens (tertiary/aromatic N) is 1. The van der Waals surface area contributed by atoms with Crippen molar-refractivity contribution >= 4 is 17.8 Å². The molecule has 156 valence electrons. The molecule has 0 aromatic heterocycles. The first-order chi connectivity index (χ1) is 13.8. The minimum atomic E-state index is -1.56. The van der Waals surface area contributed by atoms with E-state index >= 15 is 0 Å². The van der Waals surface area contributed by atoms with Gasteiger partial charge in [-0.05, 0) is 37.5 Å². The fourth-order valence-corrected chi connectivity index (χ4v) is 5.23. The molecule has 8 heteroatoms. The molecule has 1 saturated carbocycles. The highest BCUT2D eigenvalue weighted by atomic mass is 16.5. The maximum Gasteiger partial charge on any atom is 0.324 e. The number of benzene rings is 1. The minimum Gasteiger partial charge on any atom is -0.504 e. The lowest BCUT2D eigenvalue weighted by molar-refractivity contribution is -0.151. The van der Waals surface area contributed by atoms with E-state index in [1.54, 1.807) is 12.1 Å². The number of carbonyl (C=O) groups is 3. The van der Waals surface area contributed by atoms with Gasteiger partial charge in [-0.25, -0.2) is 0 Å². The number of phenolic OH excluding ortho intramolecular Hbond substituents is 1. The number of methoxy groups -OCH3 is 1. The summed E-state index contributed by atoms with van der Waals surface area (Å²) in [6.45, 7) is 1.47. The highest BCUT2D eigenvalue weighted by molar-refractivity contribution is 6.09. The summed E-state index contributed by atoms with van der Waals surface area (Å²) in [5.41, 5.74) is -0.956. The number of carboxylic acid groups (broad SMARTS) is 1. The molecule has 0 spiro atoms. The van der Waals surface area contributed by atoms with E-state index in [-0.39, 0.29) is 23.4 Å². The Balaban J connectivity index is 1.76. The summed E-state index contributed by atoms with van der Waals surface area (Å²) in [5, 5.41) is 22.8. The van der Waals surface area contributed by atoms with Crippen molar-refractivity contribution < 1.29 is 29.3 Å². The summed E-state index contributed by atoms with van der Waals surface area (Å²) < 4.78 is 5.16. The molecule has 2 amide bonds. The molecule has 3 N–H and O–H groups in total. The van der Waals surface area contributed by atoms with E-state index < -0.39 is 35.3 Å². The summed E-state index contributed by atoms with van der Waals surface area (Å²) in [6.07, 6.45) is 4.55. The summed E-state index contributed by atoms with van der Waals surface area (Å²) in [4.78, 5) is 40.2. The number of fused-ring (bicyclic) bond motifs is 1. The van der Waals surface area contributed by atoms with Crippen LogP contribution < -0.4 is 10.1 Å². The van der Waals surface area contributed by atoms with Gasteiger partial charge < -0.3 is 14.9 Å². The topological polar surface area (TPSA) is 116 Å². The Labute approximate surface area is 168 Å². The van der Waals surface area contributed by atoms with Crippen molar-refractivity contribution in [3.05, 3.63) is 23.8 Å². The minimum absolute atomic E-state index is 0.0514. The van der Waals surface area contributed by atoms with E-state index in [4.69, 9.17) is 4.74 Å². The normalized spacial score (nSPS) is 32.5. The van der Waals surface area contributed by atoms with Crippen molar-refractivity contribution in [1.29, 1.82) is 0 Å². The van der Waals surface area contributed by atoms with Gasteiger partial charge in [0.25, 0.3) is 0 Å². The predicted octanol–water partition coefficient (Wildman–Crippen LogP) is 1.82. The number of likely N-dealkylation sites (tertiary alicyclic amines) is 1. The van der Waals surface area contributed by atoms with E-state index in [0.29, 0.717) is 5.56 Å². The van der Waals surface area contributed by atoms with Gasteiger partial charge in [0.05, 0.1) is 18.9 Å². The van der Waals surface area contributed by atoms with Crippen LogP contribution in [-0.4, -0.2) is 51.6 Å². The number of nitrogens with one attached hydrogen (secondary N) is 1. The second-order valence-corrected chi connectivity index (χ2v) is 8.40. The Hall–Kier alpha value is -2.61. The third kappa shape index (κ3) is 2.88. The molecule has 0 radical (unpaired) electrons. The molecule has 4 rings (SSSR count). The number of amides is 2. The van der Waals surface area contributed by atoms with Crippen molar-refractivity contribution in [1.82, 2.24) is 10.2 Å². The summed E-state index contributed by atoms with van der Waals surface area (Å²) in [6, 6.07) is 3.84. The molecule has 2 saturated heterocycles. The number of ether oxygens (including phenoxy) is 1. The van der Waals surface area contributed by atoms with Crippen LogP contribution in [0.5, 0.6) is 11.5 Å². The zero-order valence-electron chi connectivity index (χ0n) is 16.6. The van der Waals surface area contributed by atoms with Gasteiger partial charge in [-0.1, -0.05) is 25.3 Å². The smallest absolute Gasteiger partial charge is 0.324 e. The molecule has 29 heavy (non-hydrogen) atoms. The maximum atomic E-state index is 13.4. The first-order valence-corrected chi connectivity index (χ1v) is 10.0. The monoisotopic (exact) mass is 402 g/mol. The van der Waals surface area contributed by atoms with Crippen LogP contribution in [-0.2, 0) is 14.4 Å². The lowest BCUT2D eigenvalue weighted by Crippen LogP contribution is -2.54. The Morgan fingerprint density at radius 2 is 1.90 bits per heavy atom. The standard InChI is InChI=1S/C21H26N2O6/c1-21(20(27)28)16-15(17(22-21)11-8-9-13(24)14(10-11)29-2)18(25)23(19(16)26)12-6-4-3-5-7-12/h8-10,12,15-17,22,24H,3-7H2,1-2H3,(H,27,28). The maximum absolute atomic E-state index is 13.4. The second kappa shape index (κ2) is 7.02. The first kappa shape index (κ1) is 19.7. The van der Waals surface area contributed by atoms with E-state index in [1.165, 1.54) is 25.0 Å². The zero-order chi connectivity index (χ0) is 20.9. The molecule has 2 aliphatic heterocycles. The predicted molar refractivity (Wildman–Crippen MR) is 102 cm³/mol.